The molecule has 0 atom stereocenters. The molecule has 0 saturated carbocycles. The van der Waals surface area contributed by atoms with Gasteiger partial charge in [-0.05, 0) is 38.1 Å². The maximum atomic E-state index is 12.8. The predicted octanol–water partition coefficient (Wildman–Crippen LogP) is 3.20. The topological polar surface area (TPSA) is 75.9 Å². The van der Waals surface area contributed by atoms with Gasteiger partial charge in [0.2, 0.25) is 5.91 Å². The lowest BCUT2D eigenvalue weighted by atomic mass is 9.94. The van der Waals surface area contributed by atoms with Gasteiger partial charge in [0.25, 0.3) is 5.91 Å². The molecule has 0 spiro atoms. The fourth-order valence-corrected chi connectivity index (χ4v) is 3.33. The van der Waals surface area contributed by atoms with E-state index in [-0.39, 0.29) is 11.8 Å². The van der Waals surface area contributed by atoms with Crippen LogP contribution in [0.15, 0.2) is 28.8 Å². The van der Waals surface area contributed by atoms with Crippen LogP contribution in [0.3, 0.4) is 0 Å². The summed E-state index contributed by atoms with van der Waals surface area (Å²) >= 11 is 0. The Kier molecular flexibility index (Phi) is 5.96. The van der Waals surface area contributed by atoms with Crippen molar-refractivity contribution in [3.8, 4) is 5.75 Å². The molecule has 156 valence electrons. The van der Waals surface area contributed by atoms with Gasteiger partial charge < -0.3 is 19.1 Å². The molecule has 1 saturated heterocycles. The van der Waals surface area contributed by atoms with E-state index in [0.717, 1.165) is 17.0 Å². The quantitative estimate of drug-likeness (QED) is 0.789. The molecule has 7 nitrogen and oxygen atoms in total. The minimum absolute atomic E-state index is 0.0230. The van der Waals surface area contributed by atoms with Crippen molar-refractivity contribution in [2.24, 2.45) is 5.41 Å². The van der Waals surface area contributed by atoms with Gasteiger partial charge >= 0.3 is 0 Å². The monoisotopic (exact) mass is 399 g/mol. The highest BCUT2D eigenvalue weighted by molar-refractivity contribution is 5.94. The smallest absolute Gasteiger partial charge is 0.253 e. The Morgan fingerprint density at radius 2 is 1.62 bits per heavy atom. The first-order chi connectivity index (χ1) is 13.7. The number of aromatic nitrogens is 1. The molecule has 1 fully saturated rings. The fraction of sp³-hybridized carbons (Fsp3) is 0.500. The second-order valence-corrected chi connectivity index (χ2v) is 8.45. The van der Waals surface area contributed by atoms with Gasteiger partial charge in [0.15, 0.2) is 0 Å². The molecular formula is C22H29N3O4. The summed E-state index contributed by atoms with van der Waals surface area (Å²) in [5.41, 5.74) is 1.97. The minimum atomic E-state index is -0.397. The van der Waals surface area contributed by atoms with Crippen LogP contribution in [0.2, 0.25) is 0 Å². The summed E-state index contributed by atoms with van der Waals surface area (Å²) in [6.07, 6.45) is 0. The molecule has 2 heterocycles. The van der Waals surface area contributed by atoms with Crippen molar-refractivity contribution in [2.75, 3.05) is 26.2 Å². The molecule has 1 aliphatic rings. The Hall–Kier alpha value is -2.83. The first kappa shape index (κ1) is 20.9. The standard InChI is InChI=1S/C22H29N3O4/c1-15-19(16(2)29-23-15)14-28-18-8-6-17(7-9-18)20(26)24-10-12-25(13-11-24)21(27)22(3,4)5/h6-9H,10-14H2,1-5H3. The number of amides is 2. The van der Waals surface area contributed by atoms with Crippen LogP contribution < -0.4 is 4.74 Å². The second kappa shape index (κ2) is 8.27. The third-order valence-corrected chi connectivity index (χ3v) is 5.16. The lowest BCUT2D eigenvalue weighted by Gasteiger charge is -2.37. The molecule has 2 amide bonds. The summed E-state index contributed by atoms with van der Waals surface area (Å²) in [6.45, 7) is 12.1. The summed E-state index contributed by atoms with van der Waals surface area (Å²) in [5, 5.41) is 3.92. The van der Waals surface area contributed by atoms with Crippen molar-refractivity contribution in [2.45, 2.75) is 41.2 Å². The number of nitrogens with zero attached hydrogens (tertiary/aromatic N) is 3. The van der Waals surface area contributed by atoms with Crippen molar-refractivity contribution in [3.63, 3.8) is 0 Å². The Bertz CT molecular complexity index is 853. The van der Waals surface area contributed by atoms with Gasteiger partial charge in [-0.25, -0.2) is 0 Å². The Balaban J connectivity index is 1.55. The van der Waals surface area contributed by atoms with Crippen molar-refractivity contribution >= 4 is 11.8 Å². The van der Waals surface area contributed by atoms with E-state index in [1.807, 2.05) is 39.5 Å². The zero-order valence-corrected chi connectivity index (χ0v) is 17.8. The highest BCUT2D eigenvalue weighted by atomic mass is 16.5. The van der Waals surface area contributed by atoms with Crippen LogP contribution in [0.5, 0.6) is 5.75 Å². The number of carbonyl (C=O) groups is 2. The molecule has 1 aromatic heterocycles. The van der Waals surface area contributed by atoms with Gasteiger partial charge in [-0.2, -0.15) is 0 Å². The maximum Gasteiger partial charge on any atom is 0.253 e. The summed E-state index contributed by atoms with van der Waals surface area (Å²) in [7, 11) is 0. The number of ether oxygens (including phenoxy) is 1. The molecule has 7 heteroatoms. The largest absolute Gasteiger partial charge is 0.489 e. The number of aryl methyl sites for hydroxylation is 2. The first-order valence-corrected chi connectivity index (χ1v) is 9.90. The van der Waals surface area contributed by atoms with Gasteiger partial charge in [0.05, 0.1) is 11.3 Å². The van der Waals surface area contributed by atoms with Crippen LogP contribution in [-0.2, 0) is 11.4 Å². The van der Waals surface area contributed by atoms with Crippen molar-refractivity contribution in [1.29, 1.82) is 0 Å². The van der Waals surface area contributed by atoms with Gasteiger partial charge in [-0.3, -0.25) is 9.59 Å². The minimum Gasteiger partial charge on any atom is -0.489 e. The average Bonchev–Trinajstić information content (AvgIpc) is 3.02. The number of benzene rings is 1. The zero-order chi connectivity index (χ0) is 21.2. The van der Waals surface area contributed by atoms with Gasteiger partial charge in [-0.1, -0.05) is 25.9 Å². The molecule has 0 aliphatic carbocycles. The van der Waals surface area contributed by atoms with E-state index in [1.54, 1.807) is 29.2 Å². The number of hydrogen-bond donors (Lipinski definition) is 0. The molecule has 0 unspecified atom stereocenters. The van der Waals surface area contributed by atoms with Crippen LogP contribution in [0.25, 0.3) is 0 Å². The third kappa shape index (κ3) is 4.78. The molecule has 0 radical (unpaired) electrons. The molecule has 0 N–H and O–H groups in total. The maximum absolute atomic E-state index is 12.8. The van der Waals surface area contributed by atoms with Crippen LogP contribution in [0.1, 0.15) is 48.1 Å². The van der Waals surface area contributed by atoms with Crippen molar-refractivity contribution in [1.82, 2.24) is 15.0 Å². The van der Waals surface area contributed by atoms with Crippen LogP contribution in [-0.4, -0.2) is 52.9 Å². The molecule has 3 rings (SSSR count). The molecule has 29 heavy (non-hydrogen) atoms. The van der Waals surface area contributed by atoms with E-state index in [9.17, 15) is 9.59 Å². The third-order valence-electron chi connectivity index (χ3n) is 5.16. The summed E-state index contributed by atoms with van der Waals surface area (Å²) in [5.74, 6) is 1.54. The highest BCUT2D eigenvalue weighted by Gasteiger charge is 2.31. The lowest BCUT2D eigenvalue weighted by molar-refractivity contribution is -0.140. The number of piperazine rings is 1. The Morgan fingerprint density at radius 3 is 2.14 bits per heavy atom. The van der Waals surface area contributed by atoms with E-state index in [4.69, 9.17) is 9.26 Å². The Morgan fingerprint density at radius 1 is 1.03 bits per heavy atom. The van der Waals surface area contributed by atoms with Gasteiger partial charge in [0.1, 0.15) is 18.1 Å². The van der Waals surface area contributed by atoms with Crippen LogP contribution in [0, 0.1) is 19.3 Å². The van der Waals surface area contributed by atoms with Crippen molar-refractivity contribution < 1.29 is 18.8 Å². The second-order valence-electron chi connectivity index (χ2n) is 8.45. The highest BCUT2D eigenvalue weighted by Crippen LogP contribution is 2.21. The van der Waals surface area contributed by atoms with Crippen molar-refractivity contribution in [3.05, 3.63) is 46.8 Å². The summed E-state index contributed by atoms with van der Waals surface area (Å²) < 4.78 is 10.9. The van der Waals surface area contributed by atoms with E-state index >= 15 is 0 Å². The van der Waals surface area contributed by atoms with Crippen LogP contribution in [0.4, 0.5) is 0 Å². The molecule has 1 aromatic carbocycles. The molecule has 2 aromatic rings. The zero-order valence-electron chi connectivity index (χ0n) is 17.8. The van der Waals surface area contributed by atoms with Crippen LogP contribution >= 0.6 is 0 Å². The molecular weight excluding hydrogens is 370 g/mol. The van der Waals surface area contributed by atoms with E-state index in [2.05, 4.69) is 5.16 Å². The first-order valence-electron chi connectivity index (χ1n) is 9.90. The summed E-state index contributed by atoms with van der Waals surface area (Å²) in [4.78, 5) is 28.8. The lowest BCUT2D eigenvalue weighted by Crippen LogP contribution is -2.53. The molecule has 0 bridgehead atoms. The number of rotatable bonds is 4. The molecule has 1 aliphatic heterocycles. The van der Waals surface area contributed by atoms with Gasteiger partial charge in [0, 0.05) is 37.2 Å². The van der Waals surface area contributed by atoms with E-state index in [0.29, 0.717) is 44.1 Å². The predicted molar refractivity (Wildman–Crippen MR) is 109 cm³/mol. The fourth-order valence-electron chi connectivity index (χ4n) is 3.33. The van der Waals surface area contributed by atoms with Gasteiger partial charge in [-0.15, -0.1) is 0 Å². The Labute approximate surface area is 171 Å². The number of carbonyl (C=O) groups excluding carboxylic acids is 2. The SMILES string of the molecule is Cc1noc(C)c1COc1ccc(C(=O)N2CCN(C(=O)C(C)(C)C)CC2)cc1. The van der Waals surface area contributed by atoms with E-state index in [1.165, 1.54) is 0 Å². The average molecular weight is 399 g/mol. The number of hydrogen-bond acceptors (Lipinski definition) is 5. The normalized spacial score (nSPS) is 14.8. The summed E-state index contributed by atoms with van der Waals surface area (Å²) in [6, 6.07) is 7.14. The van der Waals surface area contributed by atoms with E-state index < -0.39 is 5.41 Å².